The van der Waals surface area contributed by atoms with Crippen molar-refractivity contribution in [2.24, 2.45) is 0 Å². The van der Waals surface area contributed by atoms with Crippen molar-refractivity contribution in [1.82, 2.24) is 14.8 Å². The van der Waals surface area contributed by atoms with Gasteiger partial charge in [-0.05, 0) is 33.3 Å². The molecule has 1 fully saturated rings. The molecule has 6 heteroatoms. The van der Waals surface area contributed by atoms with E-state index in [4.69, 9.17) is 5.11 Å². The maximum atomic E-state index is 12.8. The number of nitrogens with zero attached hydrogens (tertiary/aromatic N) is 2. The first-order valence-electron chi connectivity index (χ1n) is 8.18. The van der Waals surface area contributed by atoms with Gasteiger partial charge in [0.05, 0.1) is 18.3 Å². The van der Waals surface area contributed by atoms with Crippen molar-refractivity contribution >= 4 is 11.6 Å². The number of β-amino-alcohol motifs (C(OH)–C–C–N with tert-alkyl or cyclic N) is 1. The van der Waals surface area contributed by atoms with Crippen LogP contribution in [0.2, 0.25) is 0 Å². The van der Waals surface area contributed by atoms with Crippen molar-refractivity contribution in [3.05, 3.63) is 22.5 Å². The van der Waals surface area contributed by atoms with Gasteiger partial charge >= 0.3 is 0 Å². The summed E-state index contributed by atoms with van der Waals surface area (Å²) in [5.74, 6) is 0.0225. The molecule has 0 saturated carbocycles. The number of aromatic nitrogens is 1. The van der Waals surface area contributed by atoms with Gasteiger partial charge in [-0.15, -0.1) is 0 Å². The first kappa shape index (κ1) is 17.8. The standard InChI is InChI=1S/C17H27N3O3/c1-11-15(14(4)22)12(2)18-16(11)17(23)13(3)20-7-5-19(6-8-20)9-10-21/h13,18,21H,5-10H2,1-4H3. The average Bonchev–Trinajstić information content (AvgIpc) is 2.81. The highest BCUT2D eigenvalue weighted by atomic mass is 16.3. The highest BCUT2D eigenvalue weighted by Gasteiger charge is 2.29. The largest absolute Gasteiger partial charge is 0.395 e. The molecule has 6 nitrogen and oxygen atoms in total. The van der Waals surface area contributed by atoms with Gasteiger partial charge in [-0.1, -0.05) is 0 Å². The van der Waals surface area contributed by atoms with Crippen molar-refractivity contribution in [1.29, 1.82) is 0 Å². The second-order valence-corrected chi connectivity index (χ2v) is 6.32. The Kier molecular flexibility index (Phi) is 5.73. The summed E-state index contributed by atoms with van der Waals surface area (Å²) in [6.45, 7) is 11.3. The molecule has 0 spiro atoms. The number of carbonyl (C=O) groups is 2. The van der Waals surface area contributed by atoms with Crippen molar-refractivity contribution in [3.63, 3.8) is 0 Å². The minimum Gasteiger partial charge on any atom is -0.395 e. The van der Waals surface area contributed by atoms with Crippen LogP contribution >= 0.6 is 0 Å². The first-order chi connectivity index (χ1) is 10.9. The molecule has 0 aliphatic carbocycles. The van der Waals surface area contributed by atoms with E-state index >= 15 is 0 Å². The first-order valence-corrected chi connectivity index (χ1v) is 8.18. The summed E-state index contributed by atoms with van der Waals surface area (Å²) < 4.78 is 0. The normalized spacial score (nSPS) is 18.1. The van der Waals surface area contributed by atoms with E-state index in [1.807, 2.05) is 20.8 Å². The van der Waals surface area contributed by atoms with E-state index in [-0.39, 0.29) is 24.2 Å². The van der Waals surface area contributed by atoms with E-state index in [1.54, 1.807) is 0 Å². The number of carbonyl (C=O) groups excluding carboxylic acids is 2. The molecule has 2 heterocycles. The lowest BCUT2D eigenvalue weighted by atomic mass is 10.0. The molecule has 2 rings (SSSR count). The van der Waals surface area contributed by atoms with Crippen LogP contribution in [0.5, 0.6) is 0 Å². The van der Waals surface area contributed by atoms with Crippen LogP contribution in [0.1, 0.15) is 46.0 Å². The quantitative estimate of drug-likeness (QED) is 0.765. The number of aromatic amines is 1. The van der Waals surface area contributed by atoms with Crippen LogP contribution in [-0.4, -0.2) is 76.8 Å². The molecule has 128 valence electrons. The van der Waals surface area contributed by atoms with Crippen LogP contribution in [0.4, 0.5) is 0 Å². The number of aliphatic hydroxyl groups is 1. The van der Waals surface area contributed by atoms with Gasteiger partial charge in [0.2, 0.25) is 0 Å². The number of H-pyrrole nitrogens is 1. The fourth-order valence-electron chi connectivity index (χ4n) is 3.41. The number of hydrogen-bond donors (Lipinski definition) is 2. The fraction of sp³-hybridized carbons (Fsp3) is 0.647. The van der Waals surface area contributed by atoms with Crippen molar-refractivity contribution in [2.75, 3.05) is 39.3 Å². The summed E-state index contributed by atoms with van der Waals surface area (Å²) in [6.07, 6.45) is 0. The average molecular weight is 321 g/mol. The van der Waals surface area contributed by atoms with Crippen molar-refractivity contribution in [3.8, 4) is 0 Å². The lowest BCUT2D eigenvalue weighted by Gasteiger charge is -2.37. The number of rotatable bonds is 6. The number of aryl methyl sites for hydroxylation is 1. The van der Waals surface area contributed by atoms with Crippen LogP contribution in [-0.2, 0) is 0 Å². The zero-order valence-corrected chi connectivity index (χ0v) is 14.5. The summed E-state index contributed by atoms with van der Waals surface area (Å²) in [4.78, 5) is 32.0. The molecule has 1 aliphatic rings. The number of nitrogens with one attached hydrogen (secondary N) is 1. The Labute approximate surface area is 137 Å². The zero-order chi connectivity index (χ0) is 17.1. The van der Waals surface area contributed by atoms with E-state index in [0.717, 1.165) is 37.4 Å². The van der Waals surface area contributed by atoms with E-state index in [1.165, 1.54) is 6.92 Å². The number of hydrogen-bond acceptors (Lipinski definition) is 5. The molecule has 0 amide bonds. The second-order valence-electron chi connectivity index (χ2n) is 6.32. The highest BCUT2D eigenvalue weighted by molar-refractivity contribution is 6.05. The third-order valence-corrected chi connectivity index (χ3v) is 4.79. The van der Waals surface area contributed by atoms with Gasteiger partial charge in [-0.25, -0.2) is 0 Å². The molecule has 2 N–H and O–H groups in total. The van der Waals surface area contributed by atoms with Crippen molar-refractivity contribution < 1.29 is 14.7 Å². The van der Waals surface area contributed by atoms with Gasteiger partial charge in [0.15, 0.2) is 11.6 Å². The molecule has 23 heavy (non-hydrogen) atoms. The highest BCUT2D eigenvalue weighted by Crippen LogP contribution is 2.21. The lowest BCUT2D eigenvalue weighted by Crippen LogP contribution is -2.52. The SMILES string of the molecule is CC(=O)c1c(C)[nH]c(C(=O)C(C)N2CCN(CCO)CC2)c1C. The van der Waals surface area contributed by atoms with Crippen LogP contribution in [0.25, 0.3) is 0 Å². The van der Waals surface area contributed by atoms with Gasteiger partial charge < -0.3 is 10.1 Å². The Hall–Kier alpha value is -1.50. The molecule has 0 aromatic carbocycles. The van der Waals surface area contributed by atoms with E-state index in [0.29, 0.717) is 17.8 Å². The Morgan fingerprint density at radius 1 is 1.22 bits per heavy atom. The molecule has 1 aromatic heterocycles. The van der Waals surface area contributed by atoms with E-state index in [9.17, 15) is 9.59 Å². The summed E-state index contributed by atoms with van der Waals surface area (Å²) in [7, 11) is 0. The maximum Gasteiger partial charge on any atom is 0.196 e. The van der Waals surface area contributed by atoms with Crippen LogP contribution in [0.3, 0.4) is 0 Å². The molecule has 1 aromatic rings. The minimum absolute atomic E-state index is 0.0134. The minimum atomic E-state index is -0.220. The second kappa shape index (κ2) is 7.38. The van der Waals surface area contributed by atoms with E-state index in [2.05, 4.69) is 14.8 Å². The van der Waals surface area contributed by atoms with Gasteiger partial charge in [-0.3, -0.25) is 19.4 Å². The summed E-state index contributed by atoms with van der Waals surface area (Å²) in [5.41, 5.74) is 2.70. The number of piperazine rings is 1. The summed E-state index contributed by atoms with van der Waals surface area (Å²) in [5, 5.41) is 8.99. The molecule has 0 radical (unpaired) electrons. The molecule has 1 atom stereocenters. The Balaban J connectivity index is 2.09. The maximum absolute atomic E-state index is 12.8. The Morgan fingerprint density at radius 2 is 1.83 bits per heavy atom. The molecular formula is C17H27N3O3. The zero-order valence-electron chi connectivity index (χ0n) is 14.5. The number of Topliss-reactive ketones (excluding diaryl/α,β-unsaturated/α-hetero) is 2. The van der Waals surface area contributed by atoms with Crippen LogP contribution in [0, 0.1) is 13.8 Å². The van der Waals surface area contributed by atoms with Gasteiger partial charge in [-0.2, -0.15) is 0 Å². The number of ketones is 2. The predicted octanol–water partition coefficient (Wildman–Crippen LogP) is 1.02. The smallest absolute Gasteiger partial charge is 0.196 e. The number of aliphatic hydroxyl groups excluding tert-OH is 1. The third-order valence-electron chi connectivity index (χ3n) is 4.79. The third kappa shape index (κ3) is 3.71. The summed E-state index contributed by atoms with van der Waals surface area (Å²) >= 11 is 0. The predicted molar refractivity (Wildman–Crippen MR) is 89.2 cm³/mol. The van der Waals surface area contributed by atoms with E-state index < -0.39 is 0 Å². The molecule has 1 unspecified atom stereocenters. The lowest BCUT2D eigenvalue weighted by molar-refractivity contribution is 0.0659. The summed E-state index contributed by atoms with van der Waals surface area (Å²) in [6, 6.07) is -0.220. The molecule has 0 bridgehead atoms. The van der Waals surface area contributed by atoms with Gasteiger partial charge in [0, 0.05) is 44.0 Å². The Morgan fingerprint density at radius 3 is 2.30 bits per heavy atom. The molecule has 1 saturated heterocycles. The van der Waals surface area contributed by atoms with Crippen molar-refractivity contribution in [2.45, 2.75) is 33.7 Å². The fourth-order valence-corrected chi connectivity index (χ4v) is 3.41. The molecule has 1 aliphatic heterocycles. The monoisotopic (exact) mass is 321 g/mol. The van der Waals surface area contributed by atoms with Gasteiger partial charge in [0.1, 0.15) is 0 Å². The Bertz CT molecular complexity index is 586. The molecular weight excluding hydrogens is 294 g/mol. The van der Waals surface area contributed by atoms with Crippen LogP contribution in [0.15, 0.2) is 0 Å². The van der Waals surface area contributed by atoms with Crippen LogP contribution < -0.4 is 0 Å². The topological polar surface area (TPSA) is 76.6 Å². The van der Waals surface area contributed by atoms with Gasteiger partial charge in [0.25, 0.3) is 0 Å².